The maximum Gasteiger partial charge on any atom is 0.224 e. The number of hydrogen-bond donors (Lipinski definition) is 1. The Bertz CT molecular complexity index is 718. The lowest BCUT2D eigenvalue weighted by Crippen LogP contribution is -2.45. The fraction of sp³-hybridized carbons (Fsp3) is 0.474. The third-order valence-corrected chi connectivity index (χ3v) is 5.50. The first-order valence-corrected chi connectivity index (χ1v) is 8.93. The van der Waals surface area contributed by atoms with Crippen LogP contribution in [0.1, 0.15) is 50.2 Å². The van der Waals surface area contributed by atoms with Crippen molar-refractivity contribution in [1.29, 1.82) is 0 Å². The molecular formula is C19H24ClN3O. The van der Waals surface area contributed by atoms with E-state index in [1.807, 2.05) is 43.7 Å². The van der Waals surface area contributed by atoms with Crippen molar-refractivity contribution in [3.63, 3.8) is 0 Å². The van der Waals surface area contributed by atoms with Gasteiger partial charge < -0.3 is 5.32 Å². The maximum absolute atomic E-state index is 12.8. The van der Waals surface area contributed by atoms with E-state index < -0.39 is 0 Å². The zero-order chi connectivity index (χ0) is 17.3. The van der Waals surface area contributed by atoms with Crippen LogP contribution in [-0.2, 0) is 17.4 Å². The molecule has 0 bridgehead atoms. The van der Waals surface area contributed by atoms with Gasteiger partial charge in [-0.3, -0.25) is 9.48 Å². The minimum Gasteiger partial charge on any atom is -0.346 e. The van der Waals surface area contributed by atoms with Crippen molar-refractivity contribution in [2.24, 2.45) is 13.0 Å². The minimum absolute atomic E-state index is 0.0546. The van der Waals surface area contributed by atoms with Crippen LogP contribution in [0, 0.1) is 5.92 Å². The number of nitrogens with one attached hydrogen (secondary N) is 1. The van der Waals surface area contributed by atoms with Crippen LogP contribution in [-0.4, -0.2) is 15.7 Å². The largest absolute Gasteiger partial charge is 0.346 e. The first kappa shape index (κ1) is 17.0. The molecule has 0 saturated heterocycles. The second kappa shape index (κ2) is 6.60. The molecule has 3 rings (SSSR count). The minimum atomic E-state index is -0.330. The van der Waals surface area contributed by atoms with Gasteiger partial charge in [0, 0.05) is 24.2 Å². The molecule has 1 aliphatic rings. The van der Waals surface area contributed by atoms with E-state index in [0.29, 0.717) is 10.9 Å². The summed E-state index contributed by atoms with van der Waals surface area (Å²) < 4.78 is 1.79. The molecule has 1 saturated carbocycles. The molecule has 1 aromatic carbocycles. The molecule has 1 aliphatic carbocycles. The van der Waals surface area contributed by atoms with Crippen LogP contribution in [0.4, 0.5) is 0 Å². The zero-order valence-corrected chi connectivity index (χ0v) is 15.2. The Morgan fingerprint density at radius 3 is 2.54 bits per heavy atom. The van der Waals surface area contributed by atoms with E-state index in [4.69, 9.17) is 11.6 Å². The number of carbonyl (C=O) groups excluding carboxylic acids is 1. The summed E-state index contributed by atoms with van der Waals surface area (Å²) >= 11 is 6.01. The van der Waals surface area contributed by atoms with Crippen LogP contribution in [0.3, 0.4) is 0 Å². The highest BCUT2D eigenvalue weighted by molar-refractivity contribution is 6.30. The SMILES string of the molecule is CCC(CC)(NC(=O)[C@@H]1C[C@H]1c1cnn(C)c1)c1ccc(Cl)cc1. The lowest BCUT2D eigenvalue weighted by Gasteiger charge is -2.34. The summed E-state index contributed by atoms with van der Waals surface area (Å²) in [6.07, 6.45) is 6.47. The molecule has 1 N–H and O–H groups in total. The van der Waals surface area contributed by atoms with Crippen LogP contribution in [0.5, 0.6) is 0 Å². The van der Waals surface area contributed by atoms with Gasteiger partial charge in [0.15, 0.2) is 0 Å². The molecule has 1 heterocycles. The third kappa shape index (κ3) is 3.20. The molecule has 0 radical (unpaired) electrons. The van der Waals surface area contributed by atoms with Gasteiger partial charge in [-0.15, -0.1) is 0 Å². The summed E-state index contributed by atoms with van der Waals surface area (Å²) in [6, 6.07) is 7.81. The topological polar surface area (TPSA) is 46.9 Å². The average Bonchev–Trinajstić information content (AvgIpc) is 3.28. The molecule has 1 amide bonds. The van der Waals surface area contributed by atoms with Gasteiger partial charge in [0.25, 0.3) is 0 Å². The normalized spacial score (nSPS) is 20.0. The Labute approximate surface area is 148 Å². The molecule has 0 aliphatic heterocycles. The highest BCUT2D eigenvalue weighted by Gasteiger charge is 2.46. The first-order valence-electron chi connectivity index (χ1n) is 8.55. The molecule has 1 aromatic heterocycles. The molecule has 0 spiro atoms. The smallest absolute Gasteiger partial charge is 0.224 e. The van der Waals surface area contributed by atoms with Crippen molar-refractivity contribution in [2.75, 3.05) is 0 Å². The summed E-state index contributed by atoms with van der Waals surface area (Å²) in [7, 11) is 1.90. The second-order valence-electron chi connectivity index (χ2n) is 6.68. The van der Waals surface area contributed by atoms with Crippen LogP contribution in [0.25, 0.3) is 0 Å². The predicted octanol–water partition coefficient (Wildman–Crippen LogP) is 4.01. The van der Waals surface area contributed by atoms with E-state index >= 15 is 0 Å². The van der Waals surface area contributed by atoms with E-state index in [1.54, 1.807) is 4.68 Å². The predicted molar refractivity (Wildman–Crippen MR) is 95.9 cm³/mol. The third-order valence-electron chi connectivity index (χ3n) is 5.25. The molecule has 2 aromatic rings. The standard InChI is InChI=1S/C19H24ClN3O/c1-4-19(5-2,14-6-8-15(20)9-7-14)22-18(24)17-10-16(17)13-11-21-23(3)12-13/h6-9,11-12,16-17H,4-5,10H2,1-3H3,(H,22,24)/t16-,17+/m0/s1. The van der Waals surface area contributed by atoms with E-state index in [2.05, 4.69) is 24.3 Å². The van der Waals surface area contributed by atoms with Crippen molar-refractivity contribution in [3.8, 4) is 0 Å². The highest BCUT2D eigenvalue weighted by atomic mass is 35.5. The van der Waals surface area contributed by atoms with Crippen LogP contribution in [0.15, 0.2) is 36.7 Å². The molecule has 1 fully saturated rings. The first-order chi connectivity index (χ1) is 11.5. The van der Waals surface area contributed by atoms with E-state index in [1.165, 1.54) is 0 Å². The molecular weight excluding hydrogens is 322 g/mol. The van der Waals surface area contributed by atoms with E-state index in [0.717, 1.165) is 30.4 Å². The van der Waals surface area contributed by atoms with Gasteiger partial charge >= 0.3 is 0 Å². The Kier molecular flexibility index (Phi) is 4.68. The number of nitrogens with zero attached hydrogens (tertiary/aromatic N) is 2. The van der Waals surface area contributed by atoms with Crippen molar-refractivity contribution in [3.05, 3.63) is 52.8 Å². The fourth-order valence-electron chi connectivity index (χ4n) is 3.49. The molecule has 4 nitrogen and oxygen atoms in total. The molecule has 128 valence electrons. The second-order valence-corrected chi connectivity index (χ2v) is 7.12. The van der Waals surface area contributed by atoms with Crippen molar-refractivity contribution < 1.29 is 4.79 Å². The quantitative estimate of drug-likeness (QED) is 0.859. The number of aryl methyl sites for hydroxylation is 1. The van der Waals surface area contributed by atoms with Crippen LogP contribution < -0.4 is 5.32 Å². The lowest BCUT2D eigenvalue weighted by atomic mass is 9.84. The summed E-state index contributed by atoms with van der Waals surface area (Å²) in [5.41, 5.74) is 1.94. The van der Waals surface area contributed by atoms with Gasteiger partial charge in [-0.25, -0.2) is 0 Å². The van der Waals surface area contributed by atoms with E-state index in [9.17, 15) is 4.79 Å². The van der Waals surface area contributed by atoms with Crippen LogP contribution in [0.2, 0.25) is 5.02 Å². The molecule has 24 heavy (non-hydrogen) atoms. The Morgan fingerprint density at radius 2 is 2.00 bits per heavy atom. The van der Waals surface area contributed by atoms with Crippen molar-refractivity contribution >= 4 is 17.5 Å². The summed E-state index contributed by atoms with van der Waals surface area (Å²) in [5, 5.41) is 8.24. The summed E-state index contributed by atoms with van der Waals surface area (Å²) in [4.78, 5) is 12.8. The number of amides is 1. The zero-order valence-electron chi connectivity index (χ0n) is 14.4. The van der Waals surface area contributed by atoms with Gasteiger partial charge in [0.1, 0.15) is 0 Å². The van der Waals surface area contributed by atoms with Crippen molar-refractivity contribution in [2.45, 2.75) is 44.6 Å². The molecule has 2 atom stereocenters. The Hall–Kier alpha value is -1.81. The lowest BCUT2D eigenvalue weighted by molar-refractivity contribution is -0.124. The van der Waals surface area contributed by atoms with E-state index in [-0.39, 0.29) is 17.4 Å². The van der Waals surface area contributed by atoms with Gasteiger partial charge in [0.2, 0.25) is 5.91 Å². The fourth-order valence-corrected chi connectivity index (χ4v) is 3.62. The monoisotopic (exact) mass is 345 g/mol. The van der Waals surface area contributed by atoms with Crippen LogP contribution >= 0.6 is 11.6 Å². The number of hydrogen-bond acceptors (Lipinski definition) is 2. The number of carbonyl (C=O) groups is 1. The number of aromatic nitrogens is 2. The van der Waals surface area contributed by atoms with Gasteiger partial charge in [-0.05, 0) is 48.4 Å². The number of halogens is 1. The summed E-state index contributed by atoms with van der Waals surface area (Å²) in [5.74, 6) is 0.497. The highest BCUT2D eigenvalue weighted by Crippen LogP contribution is 2.48. The summed E-state index contributed by atoms with van der Waals surface area (Å²) in [6.45, 7) is 4.23. The van der Waals surface area contributed by atoms with Crippen molar-refractivity contribution in [1.82, 2.24) is 15.1 Å². The Balaban J connectivity index is 1.74. The number of benzene rings is 1. The Morgan fingerprint density at radius 1 is 1.33 bits per heavy atom. The van der Waals surface area contributed by atoms with Gasteiger partial charge in [0.05, 0.1) is 11.7 Å². The molecule has 5 heteroatoms. The van der Waals surface area contributed by atoms with Gasteiger partial charge in [-0.2, -0.15) is 5.10 Å². The van der Waals surface area contributed by atoms with Gasteiger partial charge in [-0.1, -0.05) is 37.6 Å². The molecule has 0 unspecified atom stereocenters. The maximum atomic E-state index is 12.8. The number of rotatable bonds is 6. The average molecular weight is 346 g/mol.